The normalized spacial score (nSPS) is 14.1. The number of aromatic nitrogens is 4. The molecular weight excluding hydrogens is 372 g/mol. The molecule has 0 saturated heterocycles. The van der Waals surface area contributed by atoms with E-state index < -0.39 is 5.97 Å². The second-order valence-corrected chi connectivity index (χ2v) is 6.81. The van der Waals surface area contributed by atoms with E-state index >= 15 is 0 Å². The first kappa shape index (κ1) is 15.1. The van der Waals surface area contributed by atoms with Crippen LogP contribution < -0.4 is 0 Å². The highest BCUT2D eigenvalue weighted by Gasteiger charge is 2.30. The Hall–Kier alpha value is -2.41. The van der Waals surface area contributed by atoms with Crippen LogP contribution in [0.3, 0.4) is 0 Å². The molecule has 1 N–H and O–H groups in total. The van der Waals surface area contributed by atoms with Crippen LogP contribution in [-0.4, -0.2) is 30.6 Å². The first-order chi connectivity index (χ1) is 11.5. The van der Waals surface area contributed by atoms with E-state index in [9.17, 15) is 4.79 Å². The van der Waals surface area contributed by atoms with Gasteiger partial charge in [0.25, 0.3) is 0 Å². The number of hydrogen-bond donors (Lipinski definition) is 1. The van der Waals surface area contributed by atoms with E-state index in [1.54, 1.807) is 17.8 Å². The monoisotopic (exact) mass is 386 g/mol. The van der Waals surface area contributed by atoms with Gasteiger partial charge in [-0.3, -0.25) is 4.68 Å². The van der Waals surface area contributed by atoms with Crippen molar-refractivity contribution in [3.63, 3.8) is 0 Å². The third kappa shape index (κ3) is 2.54. The van der Waals surface area contributed by atoms with Gasteiger partial charge in [0.05, 0.1) is 27.7 Å². The predicted molar refractivity (Wildman–Crippen MR) is 92.4 cm³/mol. The predicted octanol–water partition coefficient (Wildman–Crippen LogP) is 3.61. The summed E-state index contributed by atoms with van der Waals surface area (Å²) in [7, 11) is 1.74. The van der Waals surface area contributed by atoms with Gasteiger partial charge in [-0.05, 0) is 52.5 Å². The molecule has 0 bridgehead atoms. The van der Waals surface area contributed by atoms with E-state index in [1.807, 2.05) is 35.1 Å². The summed E-state index contributed by atoms with van der Waals surface area (Å²) in [4.78, 5) is 11.1. The van der Waals surface area contributed by atoms with E-state index in [1.165, 1.54) is 18.5 Å². The lowest BCUT2D eigenvalue weighted by Crippen LogP contribution is -2.01. The lowest BCUT2D eigenvalue weighted by atomic mass is 10.1. The molecule has 1 fully saturated rings. The van der Waals surface area contributed by atoms with Gasteiger partial charge in [0.1, 0.15) is 0 Å². The third-order valence-corrected chi connectivity index (χ3v) is 4.84. The number of aromatic carboxylic acids is 1. The Morgan fingerprint density at radius 1 is 1.29 bits per heavy atom. The van der Waals surface area contributed by atoms with Crippen LogP contribution in [0.4, 0.5) is 0 Å². The molecule has 0 atom stereocenters. The molecule has 1 saturated carbocycles. The number of aryl methyl sites for hydroxylation is 1. The SMILES string of the molecule is Cn1nc(C(=O)O)cc1-c1ccc(-n2ncc(Br)c2C2CC2)cc1. The zero-order valence-corrected chi connectivity index (χ0v) is 14.6. The third-order valence-electron chi connectivity index (χ3n) is 4.23. The van der Waals surface area contributed by atoms with Gasteiger partial charge in [0, 0.05) is 13.0 Å². The lowest BCUT2D eigenvalue weighted by molar-refractivity contribution is 0.0689. The molecule has 4 rings (SSSR count). The van der Waals surface area contributed by atoms with Gasteiger partial charge in [-0.25, -0.2) is 9.48 Å². The Morgan fingerprint density at radius 2 is 2.00 bits per heavy atom. The van der Waals surface area contributed by atoms with E-state index in [4.69, 9.17) is 5.11 Å². The first-order valence-corrected chi connectivity index (χ1v) is 8.45. The summed E-state index contributed by atoms with van der Waals surface area (Å²) in [6.45, 7) is 0. The van der Waals surface area contributed by atoms with Crippen LogP contribution in [0.25, 0.3) is 16.9 Å². The number of hydrogen-bond acceptors (Lipinski definition) is 3. The maximum atomic E-state index is 11.1. The summed E-state index contributed by atoms with van der Waals surface area (Å²) in [6, 6.07) is 9.49. The van der Waals surface area contributed by atoms with Gasteiger partial charge in [0.15, 0.2) is 5.69 Å². The zero-order valence-electron chi connectivity index (χ0n) is 13.0. The quantitative estimate of drug-likeness (QED) is 0.742. The molecule has 2 heterocycles. The molecule has 6 nitrogen and oxygen atoms in total. The highest BCUT2D eigenvalue weighted by Crippen LogP contribution is 2.44. The Morgan fingerprint density at radius 3 is 2.58 bits per heavy atom. The molecule has 0 aliphatic heterocycles. The summed E-state index contributed by atoms with van der Waals surface area (Å²) < 4.78 is 4.60. The number of benzene rings is 1. The molecule has 2 aromatic heterocycles. The smallest absolute Gasteiger partial charge is 0.356 e. The van der Waals surface area contributed by atoms with E-state index in [2.05, 4.69) is 26.1 Å². The van der Waals surface area contributed by atoms with Crippen LogP contribution in [0.1, 0.15) is 34.9 Å². The molecule has 1 aliphatic rings. The Bertz CT molecular complexity index is 923. The van der Waals surface area contributed by atoms with E-state index in [-0.39, 0.29) is 5.69 Å². The van der Waals surface area contributed by atoms with Gasteiger partial charge < -0.3 is 5.11 Å². The van der Waals surface area contributed by atoms with Crippen LogP contribution in [0.2, 0.25) is 0 Å². The maximum absolute atomic E-state index is 11.1. The fourth-order valence-electron chi connectivity index (χ4n) is 2.88. The Labute approximate surface area is 146 Å². The molecule has 0 amide bonds. The molecule has 24 heavy (non-hydrogen) atoms. The second-order valence-electron chi connectivity index (χ2n) is 5.95. The van der Waals surface area contributed by atoms with Gasteiger partial charge in [-0.15, -0.1) is 0 Å². The number of nitrogens with zero attached hydrogens (tertiary/aromatic N) is 4. The van der Waals surface area contributed by atoms with E-state index in [0.717, 1.165) is 21.4 Å². The average molecular weight is 387 g/mol. The molecule has 1 aliphatic carbocycles. The van der Waals surface area contributed by atoms with Crippen molar-refractivity contribution >= 4 is 21.9 Å². The van der Waals surface area contributed by atoms with Crippen molar-refractivity contribution in [1.82, 2.24) is 19.6 Å². The standard InChI is InChI=1S/C17H15BrN4O2/c1-21-15(8-14(20-21)17(23)24)10-4-6-12(7-5-10)22-16(11-2-3-11)13(18)9-19-22/h4-9,11H,2-3H2,1H3,(H,23,24). The molecule has 1 aromatic carbocycles. The highest BCUT2D eigenvalue weighted by molar-refractivity contribution is 9.10. The second kappa shape index (κ2) is 5.59. The first-order valence-electron chi connectivity index (χ1n) is 7.66. The van der Waals surface area contributed by atoms with Crippen molar-refractivity contribution in [2.45, 2.75) is 18.8 Å². The van der Waals surface area contributed by atoms with Gasteiger partial charge in [0.2, 0.25) is 0 Å². The van der Waals surface area contributed by atoms with Crippen molar-refractivity contribution in [2.24, 2.45) is 7.05 Å². The summed E-state index contributed by atoms with van der Waals surface area (Å²) >= 11 is 3.58. The summed E-state index contributed by atoms with van der Waals surface area (Å²) in [5.74, 6) is -0.444. The van der Waals surface area contributed by atoms with E-state index in [0.29, 0.717) is 5.92 Å². The van der Waals surface area contributed by atoms with Crippen molar-refractivity contribution in [2.75, 3.05) is 0 Å². The topological polar surface area (TPSA) is 72.9 Å². The number of carboxylic acid groups (broad SMARTS) is 1. The molecule has 0 unspecified atom stereocenters. The lowest BCUT2D eigenvalue weighted by Gasteiger charge is -2.08. The zero-order chi connectivity index (χ0) is 16.8. The van der Waals surface area contributed by atoms with Crippen molar-refractivity contribution in [3.05, 3.63) is 52.4 Å². The molecule has 0 spiro atoms. The largest absolute Gasteiger partial charge is 0.476 e. The fraction of sp³-hybridized carbons (Fsp3) is 0.235. The van der Waals surface area contributed by atoms with Crippen LogP contribution >= 0.6 is 15.9 Å². The number of rotatable bonds is 4. The summed E-state index contributed by atoms with van der Waals surface area (Å²) in [5.41, 5.74) is 3.94. The minimum atomic E-state index is -1.02. The molecule has 122 valence electrons. The maximum Gasteiger partial charge on any atom is 0.356 e. The Kier molecular flexibility index (Phi) is 3.53. The van der Waals surface area contributed by atoms with Crippen LogP contribution in [0.5, 0.6) is 0 Å². The molecule has 3 aromatic rings. The fourth-order valence-corrected chi connectivity index (χ4v) is 3.47. The van der Waals surface area contributed by atoms with Gasteiger partial charge in [-0.1, -0.05) is 12.1 Å². The number of carboxylic acids is 1. The number of halogens is 1. The molecule has 0 radical (unpaired) electrons. The van der Waals surface area contributed by atoms with Crippen molar-refractivity contribution < 1.29 is 9.90 Å². The van der Waals surface area contributed by atoms with Crippen molar-refractivity contribution in [3.8, 4) is 16.9 Å². The van der Waals surface area contributed by atoms with Crippen molar-refractivity contribution in [1.29, 1.82) is 0 Å². The van der Waals surface area contributed by atoms with Gasteiger partial charge in [-0.2, -0.15) is 10.2 Å². The van der Waals surface area contributed by atoms with Crippen LogP contribution in [0.15, 0.2) is 41.0 Å². The highest BCUT2D eigenvalue weighted by atomic mass is 79.9. The van der Waals surface area contributed by atoms with Gasteiger partial charge >= 0.3 is 5.97 Å². The number of carbonyl (C=O) groups is 1. The average Bonchev–Trinajstić information content (AvgIpc) is 3.21. The Balaban J connectivity index is 1.70. The summed E-state index contributed by atoms with van der Waals surface area (Å²) in [5, 5.41) is 17.5. The summed E-state index contributed by atoms with van der Waals surface area (Å²) in [6.07, 6.45) is 4.24. The minimum Gasteiger partial charge on any atom is -0.476 e. The molecule has 7 heteroatoms. The van der Waals surface area contributed by atoms with Crippen LogP contribution in [-0.2, 0) is 7.05 Å². The molecular formula is C17H15BrN4O2. The van der Waals surface area contributed by atoms with Crippen LogP contribution in [0, 0.1) is 0 Å². The minimum absolute atomic E-state index is 0.0450.